The van der Waals surface area contributed by atoms with E-state index in [1.54, 1.807) is 0 Å². The van der Waals surface area contributed by atoms with Crippen molar-refractivity contribution in [2.75, 3.05) is 0 Å². The van der Waals surface area contributed by atoms with Crippen LogP contribution >= 0.6 is 0 Å². The van der Waals surface area contributed by atoms with Crippen LogP contribution in [0.25, 0.3) is 10.8 Å². The van der Waals surface area contributed by atoms with Gasteiger partial charge < -0.3 is 5.73 Å². The van der Waals surface area contributed by atoms with E-state index in [4.69, 9.17) is 5.73 Å². The van der Waals surface area contributed by atoms with E-state index in [0.717, 1.165) is 6.42 Å². The average Bonchev–Trinajstić information content (AvgIpc) is 2.98. The Kier molecular flexibility index (Phi) is 3.80. The number of hydrogen-bond donors (Lipinski definition) is 1. The Morgan fingerprint density at radius 3 is 2.50 bits per heavy atom. The number of fused-ring (bicyclic) bond motifs is 1. The highest BCUT2D eigenvalue weighted by Gasteiger charge is 2.37. The molecule has 1 nitrogen and oxygen atoms in total. The molecule has 0 aliphatic heterocycles. The van der Waals surface area contributed by atoms with E-state index in [2.05, 4.69) is 49.4 Å². The third-order valence-corrected chi connectivity index (χ3v) is 5.41. The first-order chi connectivity index (χ1) is 9.75. The van der Waals surface area contributed by atoms with Crippen LogP contribution in [0.5, 0.6) is 0 Å². The highest BCUT2D eigenvalue weighted by molar-refractivity contribution is 5.85. The van der Waals surface area contributed by atoms with Gasteiger partial charge in [-0.1, -0.05) is 62.2 Å². The first-order valence-electron chi connectivity index (χ1n) is 7.97. The maximum atomic E-state index is 6.65. The van der Waals surface area contributed by atoms with Gasteiger partial charge in [0.05, 0.1) is 0 Å². The van der Waals surface area contributed by atoms with E-state index in [9.17, 15) is 0 Å². The van der Waals surface area contributed by atoms with Crippen molar-refractivity contribution in [2.24, 2.45) is 11.1 Å². The molecular formula is C19H25N. The Morgan fingerprint density at radius 2 is 1.75 bits per heavy atom. The molecule has 1 aliphatic rings. The zero-order valence-corrected chi connectivity index (χ0v) is 12.4. The summed E-state index contributed by atoms with van der Waals surface area (Å²) in [6.45, 7) is 2.31. The molecule has 2 N–H and O–H groups in total. The lowest BCUT2D eigenvalue weighted by Crippen LogP contribution is -2.41. The van der Waals surface area contributed by atoms with Gasteiger partial charge in [-0.3, -0.25) is 0 Å². The van der Waals surface area contributed by atoms with Gasteiger partial charge in [0.25, 0.3) is 0 Å². The van der Waals surface area contributed by atoms with Crippen LogP contribution in [0.15, 0.2) is 42.5 Å². The Bertz CT molecular complexity index is 576. The molecule has 106 valence electrons. The zero-order valence-electron chi connectivity index (χ0n) is 12.4. The van der Waals surface area contributed by atoms with Crippen molar-refractivity contribution in [1.82, 2.24) is 0 Å². The summed E-state index contributed by atoms with van der Waals surface area (Å²) >= 11 is 0. The lowest BCUT2D eigenvalue weighted by atomic mass is 9.74. The van der Waals surface area contributed by atoms with Gasteiger partial charge in [0, 0.05) is 6.04 Å². The van der Waals surface area contributed by atoms with Crippen molar-refractivity contribution in [3.05, 3.63) is 48.0 Å². The van der Waals surface area contributed by atoms with E-state index in [-0.39, 0.29) is 0 Å². The van der Waals surface area contributed by atoms with Gasteiger partial charge in [0.1, 0.15) is 0 Å². The third kappa shape index (κ3) is 2.35. The minimum atomic E-state index is 0.292. The maximum absolute atomic E-state index is 6.65. The summed E-state index contributed by atoms with van der Waals surface area (Å²) in [7, 11) is 0. The molecule has 1 atom stereocenters. The molecule has 1 heteroatoms. The summed E-state index contributed by atoms with van der Waals surface area (Å²) in [5.41, 5.74) is 8.45. The lowest BCUT2D eigenvalue weighted by molar-refractivity contribution is 0.219. The van der Waals surface area contributed by atoms with E-state index < -0.39 is 0 Å². The fourth-order valence-corrected chi connectivity index (χ4v) is 3.99. The number of benzene rings is 2. The van der Waals surface area contributed by atoms with Crippen LogP contribution in [0.3, 0.4) is 0 Å². The smallest absolute Gasteiger partial charge is 0.0136 e. The molecule has 0 heterocycles. The Morgan fingerprint density at radius 1 is 1.05 bits per heavy atom. The standard InChI is InChI=1S/C19H25N/c1-2-19(12-5-6-13-19)18(20)14-16-10-7-9-15-8-3-4-11-17(15)16/h3-4,7-11,18H,2,5-6,12-14,20H2,1H3. The molecule has 20 heavy (non-hydrogen) atoms. The van der Waals surface area contributed by atoms with Gasteiger partial charge in [-0.25, -0.2) is 0 Å². The molecule has 2 aromatic carbocycles. The van der Waals surface area contributed by atoms with Gasteiger partial charge >= 0.3 is 0 Å². The van der Waals surface area contributed by atoms with Crippen molar-refractivity contribution in [3.8, 4) is 0 Å². The molecule has 0 aromatic heterocycles. The fraction of sp³-hybridized carbons (Fsp3) is 0.474. The van der Waals surface area contributed by atoms with E-state index in [1.807, 2.05) is 0 Å². The topological polar surface area (TPSA) is 26.0 Å². The van der Waals surface area contributed by atoms with Gasteiger partial charge in [-0.05, 0) is 47.4 Å². The predicted molar refractivity (Wildman–Crippen MR) is 86.8 cm³/mol. The second kappa shape index (κ2) is 5.57. The minimum Gasteiger partial charge on any atom is -0.327 e. The van der Waals surface area contributed by atoms with Crippen molar-refractivity contribution in [1.29, 1.82) is 0 Å². The number of hydrogen-bond acceptors (Lipinski definition) is 1. The minimum absolute atomic E-state index is 0.292. The maximum Gasteiger partial charge on any atom is 0.0136 e. The average molecular weight is 267 g/mol. The Labute approximate surface area is 122 Å². The number of nitrogens with two attached hydrogens (primary N) is 1. The van der Waals surface area contributed by atoms with Crippen LogP contribution < -0.4 is 5.73 Å². The van der Waals surface area contributed by atoms with E-state index in [0.29, 0.717) is 11.5 Å². The van der Waals surface area contributed by atoms with Crippen LogP contribution in [0.4, 0.5) is 0 Å². The molecule has 3 rings (SSSR count). The quantitative estimate of drug-likeness (QED) is 0.855. The van der Waals surface area contributed by atoms with Crippen LogP contribution in [-0.4, -0.2) is 6.04 Å². The van der Waals surface area contributed by atoms with Gasteiger partial charge in [-0.2, -0.15) is 0 Å². The van der Waals surface area contributed by atoms with Crippen LogP contribution in [-0.2, 0) is 6.42 Å². The molecule has 0 bridgehead atoms. The molecular weight excluding hydrogens is 242 g/mol. The van der Waals surface area contributed by atoms with Crippen LogP contribution in [0.1, 0.15) is 44.6 Å². The summed E-state index contributed by atoms with van der Waals surface area (Å²) in [5, 5.41) is 2.70. The molecule has 0 saturated heterocycles. The molecule has 1 unspecified atom stereocenters. The molecule has 1 fully saturated rings. The third-order valence-electron chi connectivity index (χ3n) is 5.41. The summed E-state index contributed by atoms with van der Waals surface area (Å²) in [6, 6.07) is 15.5. The highest BCUT2D eigenvalue weighted by Crippen LogP contribution is 2.44. The SMILES string of the molecule is CCC1(C(N)Cc2cccc3ccccc23)CCCC1. The molecule has 1 saturated carbocycles. The van der Waals surface area contributed by atoms with Gasteiger partial charge in [-0.15, -0.1) is 0 Å². The predicted octanol–water partition coefficient (Wildman–Crippen LogP) is 4.68. The monoisotopic (exact) mass is 267 g/mol. The molecule has 2 aromatic rings. The lowest BCUT2D eigenvalue weighted by Gasteiger charge is -2.34. The van der Waals surface area contributed by atoms with Crippen molar-refractivity contribution in [2.45, 2.75) is 51.5 Å². The van der Waals surface area contributed by atoms with E-state index in [1.165, 1.54) is 48.4 Å². The molecule has 1 aliphatic carbocycles. The van der Waals surface area contributed by atoms with Crippen molar-refractivity contribution in [3.63, 3.8) is 0 Å². The largest absolute Gasteiger partial charge is 0.327 e. The molecule has 0 amide bonds. The normalized spacial score (nSPS) is 19.3. The van der Waals surface area contributed by atoms with Crippen molar-refractivity contribution < 1.29 is 0 Å². The van der Waals surface area contributed by atoms with Crippen LogP contribution in [0, 0.1) is 5.41 Å². The second-order valence-corrected chi connectivity index (χ2v) is 6.37. The van der Waals surface area contributed by atoms with Crippen LogP contribution in [0.2, 0.25) is 0 Å². The Hall–Kier alpha value is -1.34. The summed E-state index contributed by atoms with van der Waals surface area (Å²) < 4.78 is 0. The second-order valence-electron chi connectivity index (χ2n) is 6.37. The summed E-state index contributed by atoms with van der Waals surface area (Å²) in [5.74, 6) is 0. The van der Waals surface area contributed by atoms with Gasteiger partial charge in [0.2, 0.25) is 0 Å². The highest BCUT2D eigenvalue weighted by atomic mass is 14.7. The summed E-state index contributed by atoms with van der Waals surface area (Å²) in [4.78, 5) is 0. The van der Waals surface area contributed by atoms with E-state index >= 15 is 0 Å². The van der Waals surface area contributed by atoms with Crippen molar-refractivity contribution >= 4 is 10.8 Å². The first-order valence-corrected chi connectivity index (χ1v) is 7.97. The summed E-state index contributed by atoms with van der Waals surface area (Å²) in [6.07, 6.45) is 7.58. The zero-order chi connectivity index (χ0) is 14.0. The van der Waals surface area contributed by atoms with Gasteiger partial charge in [0.15, 0.2) is 0 Å². The molecule has 0 spiro atoms. The first kappa shape index (κ1) is 13.6. The number of rotatable bonds is 4. The fourth-order valence-electron chi connectivity index (χ4n) is 3.99. The Balaban J connectivity index is 1.89. The molecule has 0 radical (unpaired) electrons.